The lowest BCUT2D eigenvalue weighted by Crippen LogP contribution is -2.20. The van der Waals surface area contributed by atoms with Crippen LogP contribution in [0.15, 0.2) is 23.4 Å². The molecule has 0 saturated carbocycles. The van der Waals surface area contributed by atoms with Gasteiger partial charge in [-0.2, -0.15) is 10.1 Å². The van der Waals surface area contributed by atoms with Crippen molar-refractivity contribution in [3.63, 3.8) is 0 Å². The highest BCUT2D eigenvalue weighted by Crippen LogP contribution is 2.20. The quantitative estimate of drug-likeness (QED) is 0.799. The number of hydrazone groups is 1. The number of anilines is 1. The van der Waals surface area contributed by atoms with Crippen molar-refractivity contribution in [1.29, 1.82) is 0 Å². The summed E-state index contributed by atoms with van der Waals surface area (Å²) in [5.41, 5.74) is 0.808. The smallest absolute Gasteiger partial charge is 0.254 e. The third-order valence-electron chi connectivity index (χ3n) is 2.32. The van der Waals surface area contributed by atoms with E-state index in [9.17, 15) is 4.79 Å². The maximum Gasteiger partial charge on any atom is 0.254 e. The first-order chi connectivity index (χ1) is 8.20. The van der Waals surface area contributed by atoms with Gasteiger partial charge in [0.2, 0.25) is 0 Å². The van der Waals surface area contributed by atoms with Crippen LogP contribution in [0.4, 0.5) is 5.82 Å². The van der Waals surface area contributed by atoms with E-state index in [1.54, 1.807) is 18.3 Å². The van der Waals surface area contributed by atoms with Crippen molar-refractivity contribution in [2.45, 2.75) is 26.7 Å². The number of rotatable bonds is 4. The molecule has 1 amide bonds. The summed E-state index contributed by atoms with van der Waals surface area (Å²) in [6, 6.07) is 3.54. The topological polar surface area (TPSA) is 54.8 Å². The van der Waals surface area contributed by atoms with Gasteiger partial charge in [0.25, 0.3) is 5.91 Å². The predicted molar refractivity (Wildman–Crippen MR) is 65.2 cm³/mol. The van der Waals surface area contributed by atoms with Gasteiger partial charge in [-0.15, -0.1) is 0 Å². The average Bonchev–Trinajstić information content (AvgIpc) is 2.66. The minimum absolute atomic E-state index is 0.0442. The molecule has 0 saturated heterocycles. The highest BCUT2D eigenvalue weighted by Gasteiger charge is 2.23. The van der Waals surface area contributed by atoms with Crippen LogP contribution in [0.2, 0.25) is 0 Å². The minimum atomic E-state index is -0.0442. The fourth-order valence-electron chi connectivity index (χ4n) is 1.54. The van der Waals surface area contributed by atoms with Crippen molar-refractivity contribution < 1.29 is 9.53 Å². The summed E-state index contributed by atoms with van der Waals surface area (Å²) in [6.45, 7) is 4.54. The van der Waals surface area contributed by atoms with E-state index < -0.39 is 0 Å². The van der Waals surface area contributed by atoms with Crippen LogP contribution < -0.4 is 9.75 Å². The molecular weight excluding hydrogens is 218 g/mol. The standard InChI is InChI=1S/C12H15N3O2/c1-3-6-17-10-4-5-11(13-8-10)15-12(16)7-9(2)14-15/h4-5,8H,3,6-7H2,1-2H3. The number of hydrogen-bond acceptors (Lipinski definition) is 4. The molecule has 0 aromatic carbocycles. The number of pyridine rings is 1. The van der Waals surface area contributed by atoms with Crippen molar-refractivity contribution in [3.8, 4) is 5.75 Å². The Morgan fingerprint density at radius 3 is 2.82 bits per heavy atom. The van der Waals surface area contributed by atoms with E-state index in [1.165, 1.54) is 5.01 Å². The Labute approximate surface area is 100 Å². The van der Waals surface area contributed by atoms with Crippen molar-refractivity contribution in [2.24, 2.45) is 5.10 Å². The van der Waals surface area contributed by atoms with Gasteiger partial charge in [0, 0.05) is 5.71 Å². The van der Waals surface area contributed by atoms with Crippen LogP contribution in [0.5, 0.6) is 5.75 Å². The first kappa shape index (κ1) is 11.6. The fraction of sp³-hybridized carbons (Fsp3) is 0.417. The van der Waals surface area contributed by atoms with E-state index in [0.717, 1.165) is 12.1 Å². The van der Waals surface area contributed by atoms with Crippen LogP contribution >= 0.6 is 0 Å². The van der Waals surface area contributed by atoms with E-state index in [-0.39, 0.29) is 5.91 Å². The maximum atomic E-state index is 11.6. The van der Waals surface area contributed by atoms with Crippen molar-refractivity contribution in [3.05, 3.63) is 18.3 Å². The molecule has 1 aliphatic rings. The van der Waals surface area contributed by atoms with Crippen LogP contribution in [0.3, 0.4) is 0 Å². The van der Waals surface area contributed by atoms with Crippen LogP contribution in [0.25, 0.3) is 0 Å². The zero-order chi connectivity index (χ0) is 12.3. The van der Waals surface area contributed by atoms with Crippen molar-refractivity contribution >= 4 is 17.4 Å². The largest absolute Gasteiger partial charge is 0.492 e. The molecule has 90 valence electrons. The van der Waals surface area contributed by atoms with E-state index in [4.69, 9.17) is 4.74 Å². The molecule has 0 atom stereocenters. The second kappa shape index (κ2) is 4.95. The Morgan fingerprint density at radius 2 is 2.29 bits per heavy atom. The van der Waals surface area contributed by atoms with Gasteiger partial charge in [-0.1, -0.05) is 6.92 Å². The highest BCUT2D eigenvalue weighted by molar-refractivity contribution is 6.11. The van der Waals surface area contributed by atoms with Gasteiger partial charge in [-0.25, -0.2) is 4.98 Å². The van der Waals surface area contributed by atoms with Crippen LogP contribution in [0, 0.1) is 0 Å². The number of aromatic nitrogens is 1. The number of amides is 1. The van der Waals surface area contributed by atoms with Crippen molar-refractivity contribution in [1.82, 2.24) is 4.98 Å². The molecule has 1 aromatic rings. The molecule has 0 N–H and O–H groups in total. The molecule has 0 radical (unpaired) electrons. The van der Waals surface area contributed by atoms with E-state index in [0.29, 0.717) is 24.6 Å². The number of ether oxygens (including phenoxy) is 1. The molecule has 5 heteroatoms. The maximum absolute atomic E-state index is 11.6. The first-order valence-corrected chi connectivity index (χ1v) is 5.66. The van der Waals surface area contributed by atoms with Gasteiger partial charge >= 0.3 is 0 Å². The predicted octanol–water partition coefficient (Wildman–Crippen LogP) is 1.98. The zero-order valence-corrected chi connectivity index (χ0v) is 10.0. The SMILES string of the molecule is CCCOc1ccc(N2N=C(C)CC2=O)nc1. The molecule has 1 aromatic heterocycles. The molecule has 0 unspecified atom stereocenters. The van der Waals surface area contributed by atoms with E-state index in [1.807, 2.05) is 13.8 Å². The Hall–Kier alpha value is -1.91. The summed E-state index contributed by atoms with van der Waals surface area (Å²) >= 11 is 0. The number of carbonyl (C=O) groups excluding carboxylic acids is 1. The third kappa shape index (κ3) is 2.61. The molecular formula is C12H15N3O2. The molecule has 0 bridgehead atoms. The summed E-state index contributed by atoms with van der Waals surface area (Å²) in [5.74, 6) is 1.20. The Balaban J connectivity index is 2.10. The average molecular weight is 233 g/mol. The van der Waals surface area contributed by atoms with Gasteiger partial charge in [0.1, 0.15) is 5.75 Å². The lowest BCUT2D eigenvalue weighted by Gasteiger charge is -2.11. The second-order valence-corrected chi connectivity index (χ2v) is 3.92. The molecule has 0 fully saturated rings. The van der Waals surface area contributed by atoms with Gasteiger partial charge in [0.05, 0.1) is 19.2 Å². The van der Waals surface area contributed by atoms with Gasteiger partial charge in [0.15, 0.2) is 5.82 Å². The Bertz CT molecular complexity index is 440. The third-order valence-corrected chi connectivity index (χ3v) is 2.32. The molecule has 5 nitrogen and oxygen atoms in total. The minimum Gasteiger partial charge on any atom is -0.492 e. The van der Waals surface area contributed by atoms with Crippen molar-refractivity contribution in [2.75, 3.05) is 11.6 Å². The summed E-state index contributed by atoms with van der Waals surface area (Å²) < 4.78 is 5.42. The summed E-state index contributed by atoms with van der Waals surface area (Å²) in [5, 5.41) is 5.46. The Kier molecular flexibility index (Phi) is 3.37. The van der Waals surface area contributed by atoms with Gasteiger partial charge in [-0.05, 0) is 25.5 Å². The lowest BCUT2D eigenvalue weighted by molar-refractivity contribution is -0.116. The molecule has 2 rings (SSSR count). The van der Waals surface area contributed by atoms with Crippen LogP contribution in [-0.2, 0) is 4.79 Å². The van der Waals surface area contributed by atoms with Gasteiger partial charge < -0.3 is 4.74 Å². The molecule has 0 aliphatic carbocycles. The molecule has 17 heavy (non-hydrogen) atoms. The van der Waals surface area contributed by atoms with Gasteiger partial charge in [-0.3, -0.25) is 4.79 Å². The number of carbonyl (C=O) groups is 1. The second-order valence-electron chi connectivity index (χ2n) is 3.92. The zero-order valence-electron chi connectivity index (χ0n) is 10.0. The number of hydrogen-bond donors (Lipinski definition) is 0. The summed E-state index contributed by atoms with van der Waals surface area (Å²) in [4.78, 5) is 15.8. The highest BCUT2D eigenvalue weighted by atomic mass is 16.5. The van der Waals surface area contributed by atoms with E-state index in [2.05, 4.69) is 10.1 Å². The Morgan fingerprint density at radius 1 is 1.47 bits per heavy atom. The normalized spacial score (nSPS) is 15.1. The lowest BCUT2D eigenvalue weighted by atomic mass is 10.3. The van der Waals surface area contributed by atoms with Crippen LogP contribution in [0.1, 0.15) is 26.7 Å². The number of nitrogens with zero attached hydrogens (tertiary/aromatic N) is 3. The van der Waals surface area contributed by atoms with E-state index >= 15 is 0 Å². The van der Waals surface area contributed by atoms with Crippen LogP contribution in [-0.4, -0.2) is 23.2 Å². The monoisotopic (exact) mass is 233 g/mol. The molecule has 2 heterocycles. The summed E-state index contributed by atoms with van der Waals surface area (Å²) in [6.07, 6.45) is 2.94. The first-order valence-electron chi connectivity index (χ1n) is 5.66. The molecule has 0 spiro atoms. The fourth-order valence-corrected chi connectivity index (χ4v) is 1.54. The summed E-state index contributed by atoms with van der Waals surface area (Å²) in [7, 11) is 0. The molecule has 1 aliphatic heterocycles.